The molecule has 19 heavy (non-hydrogen) atoms. The fourth-order valence-corrected chi connectivity index (χ4v) is 1.13. The number of primary amides is 1. The molecule has 0 bridgehead atoms. The minimum atomic E-state index is -0.706. The molecular weight excluding hydrogens is 245 g/mol. The van der Waals surface area contributed by atoms with E-state index in [0.717, 1.165) is 5.56 Å². The number of nitrogens with one attached hydrogen (secondary N) is 1. The Morgan fingerprint density at radius 1 is 1.11 bits per heavy atom. The average Bonchev–Trinajstić information content (AvgIpc) is 2.38. The molecule has 0 fully saturated rings. The highest BCUT2D eigenvalue weighted by Crippen LogP contribution is 2.04. The molecule has 1 aromatic rings. The number of urea groups is 1. The highest BCUT2D eigenvalue weighted by molar-refractivity contribution is 5.76. The van der Waals surface area contributed by atoms with Crippen molar-refractivity contribution in [1.82, 2.24) is 5.43 Å². The largest absolute Gasteiger partial charge is 0.350 e. The summed E-state index contributed by atoms with van der Waals surface area (Å²) < 4.78 is 12.6. The van der Waals surface area contributed by atoms with Gasteiger partial charge in [0.2, 0.25) is 0 Å². The Balaban J connectivity index is 2.33. The van der Waals surface area contributed by atoms with Crippen molar-refractivity contribution in [2.45, 2.75) is 0 Å². The molecule has 0 heterocycles. The van der Waals surface area contributed by atoms with Gasteiger partial charge in [0.05, 0.1) is 0 Å². The zero-order chi connectivity index (χ0) is 13.9. The highest BCUT2D eigenvalue weighted by atomic mass is 19.1. The maximum absolute atomic E-state index is 12.6. The van der Waals surface area contributed by atoms with E-state index in [1.165, 1.54) is 18.3 Å². The van der Waals surface area contributed by atoms with Gasteiger partial charge in [-0.3, -0.25) is 0 Å². The summed E-state index contributed by atoms with van der Waals surface area (Å²) in [5.74, 6) is -0.250. The second kappa shape index (κ2) is 8.41. The van der Waals surface area contributed by atoms with Crippen LogP contribution in [0.5, 0.6) is 0 Å². The van der Waals surface area contributed by atoms with Crippen LogP contribution in [0, 0.1) is 5.82 Å². The van der Waals surface area contributed by atoms with E-state index in [-0.39, 0.29) is 5.82 Å². The number of allylic oxidation sites excluding steroid dienone is 5. The van der Waals surface area contributed by atoms with Crippen molar-refractivity contribution >= 4 is 18.3 Å². The first kappa shape index (κ1) is 14.4. The molecule has 0 radical (unpaired) electrons. The first-order valence-electron chi connectivity index (χ1n) is 5.52. The number of hydrazone groups is 1. The van der Waals surface area contributed by atoms with E-state index in [4.69, 9.17) is 5.73 Å². The molecule has 3 N–H and O–H groups in total. The van der Waals surface area contributed by atoms with Crippen molar-refractivity contribution in [2.24, 2.45) is 10.8 Å². The molecule has 0 aliphatic heterocycles. The van der Waals surface area contributed by atoms with E-state index in [2.05, 4.69) is 10.5 Å². The molecular formula is C14H14FN3O. The molecule has 0 unspecified atom stereocenters. The number of halogens is 1. The van der Waals surface area contributed by atoms with E-state index in [1.807, 2.05) is 18.2 Å². The van der Waals surface area contributed by atoms with Gasteiger partial charge in [0.1, 0.15) is 5.82 Å². The Hall–Kier alpha value is -2.69. The summed E-state index contributed by atoms with van der Waals surface area (Å²) in [6, 6.07) is 5.49. The van der Waals surface area contributed by atoms with Crippen molar-refractivity contribution in [3.63, 3.8) is 0 Å². The Bertz CT molecular complexity index is 516. The lowest BCUT2D eigenvalue weighted by atomic mass is 10.2. The molecule has 0 aliphatic carbocycles. The molecule has 0 aromatic heterocycles. The summed E-state index contributed by atoms with van der Waals surface area (Å²) in [6.07, 6.45) is 12.1. The molecule has 4 nitrogen and oxygen atoms in total. The molecule has 2 amide bonds. The second-order valence-electron chi connectivity index (χ2n) is 3.43. The smallest absolute Gasteiger partial charge is 0.332 e. The van der Waals surface area contributed by atoms with Crippen LogP contribution in [0.2, 0.25) is 0 Å². The number of rotatable bonds is 5. The maximum Gasteiger partial charge on any atom is 0.332 e. The lowest BCUT2D eigenvalue weighted by Crippen LogP contribution is -2.24. The second-order valence-corrected chi connectivity index (χ2v) is 3.43. The summed E-state index contributed by atoms with van der Waals surface area (Å²) in [4.78, 5) is 10.3. The van der Waals surface area contributed by atoms with E-state index in [9.17, 15) is 9.18 Å². The van der Waals surface area contributed by atoms with Gasteiger partial charge >= 0.3 is 6.03 Å². The normalized spacial score (nSPS) is 12.1. The van der Waals surface area contributed by atoms with Crippen LogP contribution < -0.4 is 11.2 Å². The third kappa shape index (κ3) is 7.27. The number of benzene rings is 1. The van der Waals surface area contributed by atoms with Gasteiger partial charge in [-0.25, -0.2) is 14.6 Å². The van der Waals surface area contributed by atoms with Gasteiger partial charge in [-0.1, -0.05) is 42.5 Å². The standard InChI is InChI=1S/C14H14FN3O/c15-13-9-7-12(8-10-13)6-4-2-1-3-5-11-17-18-14(16)19/h1-11H,(H3,16,18,19). The van der Waals surface area contributed by atoms with Crippen LogP contribution in [0.1, 0.15) is 5.56 Å². The quantitative estimate of drug-likeness (QED) is 0.476. The van der Waals surface area contributed by atoms with Crippen molar-refractivity contribution in [1.29, 1.82) is 0 Å². The lowest BCUT2D eigenvalue weighted by Gasteiger charge is -1.90. The predicted octanol–water partition coefficient (Wildman–Crippen LogP) is 2.61. The zero-order valence-corrected chi connectivity index (χ0v) is 10.2. The number of carbonyl (C=O) groups is 1. The van der Waals surface area contributed by atoms with Crippen molar-refractivity contribution in [3.8, 4) is 0 Å². The van der Waals surface area contributed by atoms with Gasteiger partial charge in [-0.15, -0.1) is 0 Å². The molecule has 0 aliphatic rings. The molecule has 0 saturated carbocycles. The van der Waals surface area contributed by atoms with Gasteiger partial charge in [-0.2, -0.15) is 5.10 Å². The summed E-state index contributed by atoms with van der Waals surface area (Å²) in [7, 11) is 0. The summed E-state index contributed by atoms with van der Waals surface area (Å²) in [5.41, 5.74) is 7.78. The third-order valence-electron chi connectivity index (χ3n) is 1.94. The fraction of sp³-hybridized carbons (Fsp3) is 0. The van der Waals surface area contributed by atoms with Gasteiger partial charge in [0.25, 0.3) is 0 Å². The van der Waals surface area contributed by atoms with Crippen molar-refractivity contribution < 1.29 is 9.18 Å². The Morgan fingerprint density at radius 2 is 1.74 bits per heavy atom. The first-order valence-corrected chi connectivity index (χ1v) is 5.52. The van der Waals surface area contributed by atoms with Crippen LogP contribution in [0.3, 0.4) is 0 Å². The Kier molecular flexibility index (Phi) is 6.36. The van der Waals surface area contributed by atoms with Crippen LogP contribution >= 0.6 is 0 Å². The Labute approximate surface area is 110 Å². The van der Waals surface area contributed by atoms with Gasteiger partial charge in [-0.05, 0) is 23.8 Å². The zero-order valence-electron chi connectivity index (χ0n) is 10.2. The molecule has 0 spiro atoms. The van der Waals surface area contributed by atoms with Crippen LogP contribution in [-0.4, -0.2) is 12.2 Å². The summed E-state index contributed by atoms with van der Waals surface area (Å²) >= 11 is 0. The van der Waals surface area contributed by atoms with E-state index in [1.54, 1.807) is 30.4 Å². The molecule has 5 heteroatoms. The number of nitrogens with two attached hydrogens (primary N) is 1. The highest BCUT2D eigenvalue weighted by Gasteiger charge is 1.86. The van der Waals surface area contributed by atoms with Crippen LogP contribution in [0.4, 0.5) is 9.18 Å². The Morgan fingerprint density at radius 3 is 2.42 bits per heavy atom. The molecule has 1 aromatic carbocycles. The third-order valence-corrected chi connectivity index (χ3v) is 1.94. The van der Waals surface area contributed by atoms with Crippen molar-refractivity contribution in [2.75, 3.05) is 0 Å². The van der Waals surface area contributed by atoms with Gasteiger partial charge in [0, 0.05) is 6.21 Å². The topological polar surface area (TPSA) is 67.5 Å². The summed E-state index contributed by atoms with van der Waals surface area (Å²) in [6.45, 7) is 0. The molecule has 1 rings (SSSR count). The van der Waals surface area contributed by atoms with E-state index in [0.29, 0.717) is 0 Å². The average molecular weight is 259 g/mol. The first-order chi connectivity index (χ1) is 9.18. The van der Waals surface area contributed by atoms with Crippen molar-refractivity contribution in [3.05, 3.63) is 66.0 Å². The van der Waals surface area contributed by atoms with Gasteiger partial charge < -0.3 is 5.73 Å². The van der Waals surface area contributed by atoms with E-state index >= 15 is 0 Å². The maximum atomic E-state index is 12.6. The molecule has 0 atom stereocenters. The summed E-state index contributed by atoms with van der Waals surface area (Å²) in [5, 5.41) is 3.52. The van der Waals surface area contributed by atoms with Gasteiger partial charge in [0.15, 0.2) is 0 Å². The van der Waals surface area contributed by atoms with Crippen LogP contribution in [0.15, 0.2) is 59.7 Å². The number of nitrogens with zero attached hydrogens (tertiary/aromatic N) is 1. The molecule has 98 valence electrons. The number of carbonyl (C=O) groups excluding carboxylic acids is 1. The lowest BCUT2D eigenvalue weighted by molar-refractivity contribution is 0.249. The van der Waals surface area contributed by atoms with E-state index < -0.39 is 6.03 Å². The number of hydrogen-bond acceptors (Lipinski definition) is 2. The monoisotopic (exact) mass is 259 g/mol. The SMILES string of the molecule is NC(=O)NN=CC=CC=CC=Cc1ccc(F)cc1. The number of hydrogen-bond donors (Lipinski definition) is 2. The predicted molar refractivity (Wildman–Crippen MR) is 74.9 cm³/mol. The number of amides is 2. The fourth-order valence-electron chi connectivity index (χ4n) is 1.13. The van der Waals surface area contributed by atoms with Crippen LogP contribution in [-0.2, 0) is 0 Å². The van der Waals surface area contributed by atoms with Crippen LogP contribution in [0.25, 0.3) is 6.08 Å². The molecule has 0 saturated heterocycles. The minimum Gasteiger partial charge on any atom is -0.350 e. The minimum absolute atomic E-state index is 0.250.